The monoisotopic (exact) mass is 1070 g/mol. The molecule has 0 aliphatic rings. The average Bonchev–Trinajstić information content (AvgIpc) is 3.37. The van der Waals surface area contributed by atoms with Crippen molar-refractivity contribution in [3.05, 3.63) is 48.6 Å². The summed E-state index contributed by atoms with van der Waals surface area (Å²) in [5.41, 5.74) is 0. The number of carbonyl (C=O) groups excluding carboxylic acids is 1. The summed E-state index contributed by atoms with van der Waals surface area (Å²) < 4.78 is 23.3. The van der Waals surface area contributed by atoms with Crippen LogP contribution in [0.2, 0.25) is 0 Å². The second-order valence-electron chi connectivity index (χ2n) is 23.4. The van der Waals surface area contributed by atoms with Crippen LogP contribution in [0, 0.1) is 0 Å². The number of phosphoric acid groups is 1. The van der Waals surface area contributed by atoms with Gasteiger partial charge in [-0.15, -0.1) is 0 Å². The minimum atomic E-state index is -4.61. The number of quaternary nitrogens is 1. The molecule has 0 rings (SSSR count). The van der Waals surface area contributed by atoms with Crippen LogP contribution >= 0.6 is 7.82 Å². The largest absolute Gasteiger partial charge is 0.756 e. The topological polar surface area (TPSA) is 108 Å². The molecular formula is C66H127N2O6P. The van der Waals surface area contributed by atoms with Gasteiger partial charge in [-0.25, -0.2) is 0 Å². The standard InChI is InChI=1S/C66H127N2O6P/c1-6-8-10-12-14-16-18-20-22-24-25-26-27-28-29-30-31-32-33-34-35-36-37-38-39-40-41-42-43-44-46-48-50-52-54-56-58-60-66(70)67-64(63-74-75(71,72)73-62-61-68(3,4)5)65(69)59-57-55-53-51-49-47-45-23-21-19-17-15-13-11-9-7-2/h21,23,32-33,49,51,57,59,64-65,69H,6-20,22,24-31,34-48,50,52-56,58,60-63H2,1-5H3,(H-,67,70,71,72)/b23-21+,33-32-,51-49+,59-57+. The Bertz CT molecular complexity index is 1360. The second-order valence-corrected chi connectivity index (χ2v) is 24.9. The molecule has 0 aromatic rings. The first kappa shape index (κ1) is 73.5. The number of carbonyl (C=O) groups is 1. The first-order valence-corrected chi connectivity index (χ1v) is 34.0. The third-order valence-electron chi connectivity index (χ3n) is 14.7. The minimum absolute atomic E-state index is 0.00864. The number of unbranched alkanes of at least 4 members (excludes halogenated alkanes) is 41. The Hall–Kier alpha value is -1.54. The molecule has 0 aliphatic carbocycles. The highest BCUT2D eigenvalue weighted by molar-refractivity contribution is 7.45. The van der Waals surface area contributed by atoms with E-state index in [4.69, 9.17) is 9.05 Å². The van der Waals surface area contributed by atoms with Gasteiger partial charge in [0.25, 0.3) is 7.82 Å². The van der Waals surface area contributed by atoms with Crippen LogP contribution in [0.3, 0.4) is 0 Å². The number of likely N-dealkylation sites (N-methyl/N-ethyl adjacent to an activating group) is 1. The number of nitrogens with one attached hydrogen (secondary N) is 1. The lowest BCUT2D eigenvalue weighted by Crippen LogP contribution is -2.45. The van der Waals surface area contributed by atoms with E-state index in [1.165, 1.54) is 250 Å². The van der Waals surface area contributed by atoms with Gasteiger partial charge in [0, 0.05) is 6.42 Å². The smallest absolute Gasteiger partial charge is 0.268 e. The van der Waals surface area contributed by atoms with Gasteiger partial charge in [0.1, 0.15) is 13.2 Å². The van der Waals surface area contributed by atoms with Crippen LogP contribution in [-0.2, 0) is 18.4 Å². The van der Waals surface area contributed by atoms with Gasteiger partial charge >= 0.3 is 0 Å². The Kier molecular flexibility index (Phi) is 56.0. The van der Waals surface area contributed by atoms with E-state index in [1.807, 2.05) is 27.2 Å². The summed E-state index contributed by atoms with van der Waals surface area (Å²) in [6, 6.07) is -0.910. The normalized spacial score (nSPS) is 14.1. The minimum Gasteiger partial charge on any atom is -0.756 e. The number of amides is 1. The van der Waals surface area contributed by atoms with E-state index >= 15 is 0 Å². The fourth-order valence-electron chi connectivity index (χ4n) is 9.65. The lowest BCUT2D eigenvalue weighted by atomic mass is 10.0. The lowest BCUT2D eigenvalue weighted by Gasteiger charge is -2.29. The van der Waals surface area contributed by atoms with Crippen LogP contribution in [0.4, 0.5) is 0 Å². The van der Waals surface area contributed by atoms with Crippen LogP contribution < -0.4 is 10.2 Å². The highest BCUT2D eigenvalue weighted by atomic mass is 31.2. The van der Waals surface area contributed by atoms with Gasteiger partial charge in [-0.3, -0.25) is 9.36 Å². The molecule has 0 heterocycles. The van der Waals surface area contributed by atoms with Crippen molar-refractivity contribution >= 4 is 13.7 Å². The Morgan fingerprint density at radius 3 is 1.08 bits per heavy atom. The number of phosphoric ester groups is 1. The van der Waals surface area contributed by atoms with Crippen molar-refractivity contribution in [1.29, 1.82) is 0 Å². The second kappa shape index (κ2) is 57.2. The van der Waals surface area contributed by atoms with Crippen LogP contribution in [0.15, 0.2) is 48.6 Å². The molecule has 9 heteroatoms. The number of rotatable bonds is 60. The van der Waals surface area contributed by atoms with Crippen LogP contribution in [-0.4, -0.2) is 68.5 Å². The predicted molar refractivity (Wildman–Crippen MR) is 325 cm³/mol. The number of aliphatic hydroxyl groups is 1. The molecule has 3 unspecified atom stereocenters. The van der Waals surface area contributed by atoms with Crippen LogP contribution in [0.25, 0.3) is 0 Å². The number of hydrogen-bond donors (Lipinski definition) is 2. The molecule has 442 valence electrons. The Morgan fingerprint density at radius 1 is 0.453 bits per heavy atom. The molecule has 1 amide bonds. The first-order chi connectivity index (χ1) is 36.5. The maximum Gasteiger partial charge on any atom is 0.268 e. The van der Waals surface area contributed by atoms with Gasteiger partial charge in [0.2, 0.25) is 5.91 Å². The molecule has 0 aromatic heterocycles. The zero-order chi connectivity index (χ0) is 54.9. The van der Waals surface area contributed by atoms with E-state index in [9.17, 15) is 19.4 Å². The van der Waals surface area contributed by atoms with E-state index in [0.717, 1.165) is 44.9 Å². The van der Waals surface area contributed by atoms with Crippen molar-refractivity contribution in [2.45, 2.75) is 328 Å². The fraction of sp³-hybridized carbons (Fsp3) is 0.864. The SMILES string of the molecule is CCCCCCCC/C=C/CC/C=C/CC/C=C/C(O)C(COP(=O)([O-])OCC[N+](C)(C)C)NC(=O)CCCCCCCCCCCCCCCCCCC/C=C\CCCCCCCCCCCCCCCCCC. The summed E-state index contributed by atoms with van der Waals surface area (Å²) >= 11 is 0. The third-order valence-corrected chi connectivity index (χ3v) is 15.7. The average molecular weight is 1080 g/mol. The van der Waals surface area contributed by atoms with E-state index in [1.54, 1.807) is 6.08 Å². The quantitative estimate of drug-likeness (QED) is 0.0272. The molecule has 8 nitrogen and oxygen atoms in total. The molecule has 75 heavy (non-hydrogen) atoms. The van der Waals surface area contributed by atoms with E-state index in [-0.39, 0.29) is 12.5 Å². The molecule has 3 atom stereocenters. The summed E-state index contributed by atoms with van der Waals surface area (Å²) in [4.78, 5) is 25.5. The maximum atomic E-state index is 13.0. The van der Waals surface area contributed by atoms with Gasteiger partial charge < -0.3 is 28.8 Å². The molecule has 0 saturated heterocycles. The number of aliphatic hydroxyl groups excluding tert-OH is 1. The summed E-state index contributed by atoms with van der Waals surface area (Å²) in [5, 5.41) is 13.9. The Labute approximate surface area is 467 Å². The summed E-state index contributed by atoms with van der Waals surface area (Å²) in [7, 11) is 1.24. The molecule has 0 radical (unpaired) electrons. The zero-order valence-electron chi connectivity index (χ0n) is 50.5. The zero-order valence-corrected chi connectivity index (χ0v) is 51.4. The fourth-order valence-corrected chi connectivity index (χ4v) is 10.4. The summed E-state index contributed by atoms with van der Waals surface area (Å²) in [6.07, 6.45) is 76.7. The Morgan fingerprint density at radius 2 is 0.747 bits per heavy atom. The van der Waals surface area contributed by atoms with Crippen molar-refractivity contribution in [3.63, 3.8) is 0 Å². The molecular weight excluding hydrogens is 948 g/mol. The van der Waals surface area contributed by atoms with Gasteiger partial charge in [-0.2, -0.15) is 0 Å². The van der Waals surface area contributed by atoms with Gasteiger partial charge in [0.15, 0.2) is 0 Å². The molecule has 0 saturated carbocycles. The third kappa shape index (κ3) is 60.0. The molecule has 0 aliphatic heterocycles. The van der Waals surface area contributed by atoms with Crippen LogP contribution in [0.5, 0.6) is 0 Å². The highest BCUT2D eigenvalue weighted by Crippen LogP contribution is 2.38. The van der Waals surface area contributed by atoms with E-state index < -0.39 is 26.6 Å². The van der Waals surface area contributed by atoms with E-state index in [2.05, 4.69) is 55.6 Å². The molecule has 0 fully saturated rings. The molecule has 2 N–H and O–H groups in total. The number of allylic oxidation sites excluding steroid dienone is 7. The predicted octanol–water partition coefficient (Wildman–Crippen LogP) is 19.6. The maximum absolute atomic E-state index is 13.0. The summed E-state index contributed by atoms with van der Waals surface area (Å²) in [6.45, 7) is 4.64. The Balaban J connectivity index is 3.98. The summed E-state index contributed by atoms with van der Waals surface area (Å²) in [5.74, 6) is -0.208. The lowest BCUT2D eigenvalue weighted by molar-refractivity contribution is -0.870. The van der Waals surface area contributed by atoms with Crippen molar-refractivity contribution in [2.24, 2.45) is 0 Å². The number of hydrogen-bond acceptors (Lipinski definition) is 6. The number of nitrogens with zero attached hydrogens (tertiary/aromatic N) is 1. The van der Waals surface area contributed by atoms with Crippen molar-refractivity contribution in [3.8, 4) is 0 Å². The van der Waals surface area contributed by atoms with Gasteiger partial charge in [-0.1, -0.05) is 287 Å². The first-order valence-electron chi connectivity index (χ1n) is 32.5. The van der Waals surface area contributed by atoms with Gasteiger partial charge in [0.05, 0.1) is 39.9 Å². The van der Waals surface area contributed by atoms with Crippen molar-refractivity contribution < 1.29 is 32.9 Å². The highest BCUT2D eigenvalue weighted by Gasteiger charge is 2.23. The molecule has 0 bridgehead atoms. The van der Waals surface area contributed by atoms with Crippen LogP contribution in [0.1, 0.15) is 316 Å². The van der Waals surface area contributed by atoms with E-state index in [0.29, 0.717) is 17.4 Å². The molecule has 0 spiro atoms. The molecule has 0 aromatic carbocycles. The van der Waals surface area contributed by atoms with Crippen molar-refractivity contribution in [1.82, 2.24) is 5.32 Å². The van der Waals surface area contributed by atoms with Gasteiger partial charge in [-0.05, 0) is 70.6 Å². The van der Waals surface area contributed by atoms with Crippen molar-refractivity contribution in [2.75, 3.05) is 40.9 Å².